The van der Waals surface area contributed by atoms with E-state index in [-0.39, 0.29) is 5.92 Å². The fourth-order valence-corrected chi connectivity index (χ4v) is 3.18. The van der Waals surface area contributed by atoms with Gasteiger partial charge in [-0.05, 0) is 31.1 Å². The van der Waals surface area contributed by atoms with Crippen molar-refractivity contribution in [2.75, 3.05) is 0 Å². The molecule has 0 saturated heterocycles. The average Bonchev–Trinajstić information content (AvgIpc) is 3.13. The number of hydrogen-bond acceptors (Lipinski definition) is 3. The molecule has 2 aliphatic rings. The summed E-state index contributed by atoms with van der Waals surface area (Å²) in [5.41, 5.74) is 3.87. The Morgan fingerprint density at radius 3 is 2.29 bits per heavy atom. The van der Waals surface area contributed by atoms with E-state index >= 15 is 0 Å². The Balaban J connectivity index is 2.02. The number of aliphatic hydroxyl groups is 2. The summed E-state index contributed by atoms with van der Waals surface area (Å²) in [5.74, 6) is -0.300. The monoisotopic (exact) mass is 241 g/mol. The van der Waals surface area contributed by atoms with E-state index in [1.807, 2.05) is 0 Å². The normalized spacial score (nSPS) is 27.4. The molecule has 0 spiro atoms. The van der Waals surface area contributed by atoms with Crippen LogP contribution in [0.25, 0.3) is 0 Å². The minimum absolute atomic E-state index is 0.0620. The predicted octanol–water partition coefficient (Wildman–Crippen LogP) is 0.944. The van der Waals surface area contributed by atoms with Gasteiger partial charge in [-0.1, -0.05) is 32.1 Å². The molecule has 17 heavy (non-hydrogen) atoms. The molecule has 2 atom stereocenters. The maximum absolute atomic E-state index is 11.1. The van der Waals surface area contributed by atoms with E-state index in [1.165, 1.54) is 19.3 Å². The maximum Gasteiger partial charge on any atom is 0.249 e. The zero-order valence-corrected chi connectivity index (χ0v) is 10.3. The Bertz CT molecular complexity index is 284. The van der Waals surface area contributed by atoms with Crippen molar-refractivity contribution < 1.29 is 15.0 Å². The molecule has 2 rings (SSSR count). The molecule has 2 fully saturated rings. The number of carbonyl (C=O) groups is 1. The third kappa shape index (κ3) is 2.80. The second-order valence-electron chi connectivity index (χ2n) is 5.78. The van der Waals surface area contributed by atoms with Crippen LogP contribution in [-0.2, 0) is 4.79 Å². The molecule has 2 aliphatic carbocycles. The number of primary amides is 1. The fourth-order valence-electron chi connectivity index (χ4n) is 3.18. The summed E-state index contributed by atoms with van der Waals surface area (Å²) < 4.78 is 0. The molecule has 4 heteroatoms. The second kappa shape index (κ2) is 4.94. The molecule has 1 amide bonds. The standard InChI is InChI=1S/C13H23NO3/c14-12(16)11(15)13(17,10-6-7-10)8-9-4-2-1-3-5-9/h9-11,15,17H,1-8H2,(H2,14,16). The van der Waals surface area contributed by atoms with Gasteiger partial charge in [-0.2, -0.15) is 0 Å². The Morgan fingerprint density at radius 1 is 1.24 bits per heavy atom. The van der Waals surface area contributed by atoms with Crippen molar-refractivity contribution in [1.29, 1.82) is 0 Å². The van der Waals surface area contributed by atoms with Gasteiger partial charge in [0.1, 0.15) is 5.60 Å². The van der Waals surface area contributed by atoms with Gasteiger partial charge < -0.3 is 15.9 Å². The van der Waals surface area contributed by atoms with Gasteiger partial charge in [-0.25, -0.2) is 0 Å². The Kier molecular flexibility index (Phi) is 3.73. The van der Waals surface area contributed by atoms with Crippen LogP contribution in [0.3, 0.4) is 0 Å². The van der Waals surface area contributed by atoms with E-state index in [1.54, 1.807) is 0 Å². The van der Waals surface area contributed by atoms with Gasteiger partial charge in [0.05, 0.1) is 0 Å². The minimum atomic E-state index is -1.41. The molecular weight excluding hydrogens is 218 g/mol. The number of hydrogen-bond donors (Lipinski definition) is 3. The van der Waals surface area contributed by atoms with Crippen LogP contribution >= 0.6 is 0 Å². The molecule has 0 radical (unpaired) electrons. The topological polar surface area (TPSA) is 83.6 Å². The third-order valence-corrected chi connectivity index (χ3v) is 4.37. The number of aliphatic hydroxyl groups excluding tert-OH is 1. The summed E-state index contributed by atoms with van der Waals surface area (Å²) in [6.45, 7) is 0. The van der Waals surface area contributed by atoms with Crippen molar-refractivity contribution in [2.24, 2.45) is 17.6 Å². The van der Waals surface area contributed by atoms with E-state index in [2.05, 4.69) is 0 Å². The molecule has 0 aromatic carbocycles. The van der Waals surface area contributed by atoms with Crippen molar-refractivity contribution in [3.05, 3.63) is 0 Å². The molecule has 0 aromatic rings. The first-order valence-corrected chi connectivity index (χ1v) is 6.74. The van der Waals surface area contributed by atoms with Crippen LogP contribution in [0.1, 0.15) is 51.4 Å². The minimum Gasteiger partial charge on any atom is -0.386 e. The van der Waals surface area contributed by atoms with Crippen LogP contribution in [0.15, 0.2) is 0 Å². The Hall–Kier alpha value is -0.610. The van der Waals surface area contributed by atoms with Crippen molar-refractivity contribution >= 4 is 5.91 Å². The summed E-state index contributed by atoms with van der Waals surface area (Å²) >= 11 is 0. The molecule has 0 aromatic heterocycles. The number of amides is 1. The van der Waals surface area contributed by atoms with Gasteiger partial charge >= 0.3 is 0 Å². The van der Waals surface area contributed by atoms with Crippen LogP contribution in [0, 0.1) is 11.8 Å². The van der Waals surface area contributed by atoms with Gasteiger partial charge in [0, 0.05) is 0 Å². The van der Waals surface area contributed by atoms with E-state index in [9.17, 15) is 15.0 Å². The van der Waals surface area contributed by atoms with E-state index < -0.39 is 17.6 Å². The maximum atomic E-state index is 11.1. The molecule has 4 N–H and O–H groups in total. The van der Waals surface area contributed by atoms with Crippen molar-refractivity contribution in [1.82, 2.24) is 0 Å². The number of nitrogens with two attached hydrogens (primary N) is 1. The highest BCUT2D eigenvalue weighted by atomic mass is 16.4. The fraction of sp³-hybridized carbons (Fsp3) is 0.923. The lowest BCUT2D eigenvalue weighted by atomic mass is 9.76. The molecule has 98 valence electrons. The van der Waals surface area contributed by atoms with Crippen LogP contribution in [0.4, 0.5) is 0 Å². The third-order valence-electron chi connectivity index (χ3n) is 4.37. The number of rotatable bonds is 5. The largest absolute Gasteiger partial charge is 0.386 e. The zero-order chi connectivity index (χ0) is 12.5. The molecule has 0 aliphatic heterocycles. The first-order valence-electron chi connectivity index (χ1n) is 6.74. The van der Waals surface area contributed by atoms with Crippen LogP contribution in [-0.4, -0.2) is 27.8 Å². The van der Waals surface area contributed by atoms with E-state index in [0.29, 0.717) is 12.3 Å². The smallest absolute Gasteiger partial charge is 0.249 e. The number of carbonyl (C=O) groups excluding carboxylic acids is 1. The summed E-state index contributed by atoms with van der Waals surface area (Å²) in [4.78, 5) is 11.1. The Labute approximate surface area is 102 Å². The summed E-state index contributed by atoms with van der Waals surface area (Å²) in [6.07, 6.45) is 6.76. The van der Waals surface area contributed by atoms with Crippen molar-refractivity contribution in [2.45, 2.75) is 63.1 Å². The highest BCUT2D eigenvalue weighted by molar-refractivity contribution is 5.80. The summed E-state index contributed by atoms with van der Waals surface area (Å²) in [6, 6.07) is 0. The van der Waals surface area contributed by atoms with E-state index in [0.717, 1.165) is 25.7 Å². The Morgan fingerprint density at radius 2 is 1.82 bits per heavy atom. The van der Waals surface area contributed by atoms with Crippen molar-refractivity contribution in [3.8, 4) is 0 Å². The quantitative estimate of drug-likeness (QED) is 0.670. The van der Waals surface area contributed by atoms with Gasteiger partial charge in [0.25, 0.3) is 0 Å². The highest BCUT2D eigenvalue weighted by Crippen LogP contribution is 2.46. The molecule has 4 nitrogen and oxygen atoms in total. The SMILES string of the molecule is NC(=O)C(O)C(O)(CC1CCCCC1)C1CC1. The lowest BCUT2D eigenvalue weighted by molar-refractivity contribution is -0.149. The molecule has 2 unspecified atom stereocenters. The van der Waals surface area contributed by atoms with Gasteiger partial charge in [0.15, 0.2) is 6.10 Å². The van der Waals surface area contributed by atoms with Crippen LogP contribution in [0.2, 0.25) is 0 Å². The molecular formula is C13H23NO3. The molecule has 2 saturated carbocycles. The van der Waals surface area contributed by atoms with E-state index in [4.69, 9.17) is 5.73 Å². The molecule has 0 bridgehead atoms. The van der Waals surface area contributed by atoms with Gasteiger partial charge in [0.2, 0.25) is 5.91 Å². The summed E-state index contributed by atoms with van der Waals surface area (Å²) in [7, 11) is 0. The highest BCUT2D eigenvalue weighted by Gasteiger charge is 2.51. The van der Waals surface area contributed by atoms with Gasteiger partial charge in [-0.15, -0.1) is 0 Å². The first kappa shape index (κ1) is 12.8. The van der Waals surface area contributed by atoms with Gasteiger partial charge in [-0.3, -0.25) is 4.79 Å². The lowest BCUT2D eigenvalue weighted by Crippen LogP contribution is -2.52. The second-order valence-corrected chi connectivity index (χ2v) is 5.78. The van der Waals surface area contributed by atoms with Crippen molar-refractivity contribution in [3.63, 3.8) is 0 Å². The molecule has 0 heterocycles. The summed E-state index contributed by atoms with van der Waals surface area (Å²) in [5, 5.41) is 20.5. The van der Waals surface area contributed by atoms with Crippen LogP contribution in [0.5, 0.6) is 0 Å². The lowest BCUT2D eigenvalue weighted by Gasteiger charge is -2.36. The predicted molar refractivity (Wildman–Crippen MR) is 64.1 cm³/mol. The zero-order valence-electron chi connectivity index (χ0n) is 10.3. The first-order chi connectivity index (χ1) is 8.04. The average molecular weight is 241 g/mol. The van der Waals surface area contributed by atoms with Crippen LogP contribution < -0.4 is 5.73 Å².